The van der Waals surface area contributed by atoms with Crippen LogP contribution in [0, 0.1) is 0 Å². The number of piperazine rings is 1. The average Bonchev–Trinajstić information content (AvgIpc) is 3.21. The van der Waals surface area contributed by atoms with Gasteiger partial charge in [0.2, 0.25) is 5.95 Å². The van der Waals surface area contributed by atoms with Crippen LogP contribution in [0.5, 0.6) is 11.8 Å². The second-order valence-electron chi connectivity index (χ2n) is 8.04. The predicted molar refractivity (Wildman–Crippen MR) is 129 cm³/mol. The third kappa shape index (κ3) is 5.55. The molecule has 34 heavy (non-hydrogen) atoms. The molecule has 2 aromatic heterocycles. The molecule has 0 amide bonds. The summed E-state index contributed by atoms with van der Waals surface area (Å²) in [5.74, 6) is 0.196. The van der Waals surface area contributed by atoms with Gasteiger partial charge in [-0.2, -0.15) is 0 Å². The minimum atomic E-state index is -0.426. The largest absolute Gasteiger partial charge is 0.494 e. The van der Waals surface area contributed by atoms with Crippen LogP contribution in [0.25, 0.3) is 6.08 Å². The monoisotopic (exact) mass is 463 g/mol. The summed E-state index contributed by atoms with van der Waals surface area (Å²) in [5, 5.41) is 20.6. The molecular weight excluding hydrogens is 434 g/mol. The summed E-state index contributed by atoms with van der Waals surface area (Å²) in [5.41, 5.74) is 1.38. The summed E-state index contributed by atoms with van der Waals surface area (Å²) < 4.78 is 6.51. The molecule has 0 bridgehead atoms. The van der Waals surface area contributed by atoms with Crippen molar-refractivity contribution < 1.29 is 19.7 Å². The van der Waals surface area contributed by atoms with E-state index < -0.39 is 5.97 Å². The quantitative estimate of drug-likeness (QED) is 0.492. The van der Waals surface area contributed by atoms with Gasteiger partial charge in [-0.3, -0.25) is 9.47 Å². The lowest BCUT2D eigenvalue weighted by Gasteiger charge is -2.36. The summed E-state index contributed by atoms with van der Waals surface area (Å²) >= 11 is 0. The molecule has 1 aliphatic rings. The van der Waals surface area contributed by atoms with Gasteiger partial charge >= 0.3 is 5.97 Å². The Morgan fingerprint density at radius 3 is 2.29 bits per heavy atom. The van der Waals surface area contributed by atoms with E-state index in [-0.39, 0.29) is 17.8 Å². The van der Waals surface area contributed by atoms with E-state index in [1.165, 1.54) is 29.1 Å². The number of nitrogens with zero attached hydrogens (tertiary/aromatic N) is 5. The fraction of sp³-hybridized carbons (Fsp3) is 0.320. The number of rotatable bonds is 8. The lowest BCUT2D eigenvalue weighted by molar-refractivity contribution is 0.0525. The van der Waals surface area contributed by atoms with Gasteiger partial charge in [0.1, 0.15) is 0 Å². The maximum atomic E-state index is 11.8. The van der Waals surface area contributed by atoms with E-state index in [9.17, 15) is 15.0 Å². The molecule has 0 saturated carbocycles. The van der Waals surface area contributed by atoms with Crippen molar-refractivity contribution >= 4 is 18.0 Å². The van der Waals surface area contributed by atoms with Gasteiger partial charge in [0.05, 0.1) is 18.2 Å². The molecule has 4 rings (SSSR count). The zero-order chi connectivity index (χ0) is 23.9. The summed E-state index contributed by atoms with van der Waals surface area (Å²) in [4.78, 5) is 24.8. The number of anilines is 1. The lowest BCUT2D eigenvalue weighted by atomic mass is 10.1. The molecule has 0 radical (unpaired) electrons. The Labute approximate surface area is 198 Å². The number of esters is 1. The van der Waals surface area contributed by atoms with Gasteiger partial charge in [0.15, 0.2) is 11.8 Å². The van der Waals surface area contributed by atoms with E-state index in [1.807, 2.05) is 42.5 Å². The Kier molecular flexibility index (Phi) is 7.44. The first kappa shape index (κ1) is 23.3. The Balaban J connectivity index is 1.41. The lowest BCUT2D eigenvalue weighted by Crippen LogP contribution is -2.48. The highest BCUT2D eigenvalue weighted by Gasteiger charge is 2.24. The van der Waals surface area contributed by atoms with Crippen molar-refractivity contribution in [1.29, 1.82) is 0 Å². The summed E-state index contributed by atoms with van der Waals surface area (Å²) in [7, 11) is 0. The fourth-order valence-corrected chi connectivity index (χ4v) is 3.98. The molecule has 1 unspecified atom stereocenters. The molecule has 0 aliphatic carbocycles. The molecule has 1 fully saturated rings. The average molecular weight is 464 g/mol. The van der Waals surface area contributed by atoms with Gasteiger partial charge in [-0.15, -0.1) is 0 Å². The Morgan fingerprint density at radius 2 is 1.68 bits per heavy atom. The normalized spacial score (nSPS) is 15.5. The van der Waals surface area contributed by atoms with Crippen molar-refractivity contribution in [1.82, 2.24) is 19.4 Å². The zero-order valence-corrected chi connectivity index (χ0v) is 19.1. The van der Waals surface area contributed by atoms with Crippen LogP contribution < -0.4 is 4.90 Å². The van der Waals surface area contributed by atoms with E-state index >= 15 is 0 Å². The molecule has 9 heteroatoms. The van der Waals surface area contributed by atoms with Crippen molar-refractivity contribution in [3.8, 4) is 11.8 Å². The Morgan fingerprint density at radius 1 is 1.03 bits per heavy atom. The fourth-order valence-electron chi connectivity index (χ4n) is 3.98. The molecule has 2 N–H and O–H groups in total. The first-order chi connectivity index (χ1) is 16.5. The van der Waals surface area contributed by atoms with E-state index in [4.69, 9.17) is 4.74 Å². The number of ether oxygens (including phenoxy) is 1. The third-order valence-electron chi connectivity index (χ3n) is 5.77. The molecule has 1 aromatic carbocycles. The van der Waals surface area contributed by atoms with Crippen LogP contribution in [0.3, 0.4) is 0 Å². The van der Waals surface area contributed by atoms with Crippen LogP contribution in [-0.2, 0) is 4.74 Å². The number of hydrogen-bond donors (Lipinski definition) is 2. The molecule has 0 spiro atoms. The standard InChI is InChI=1S/C25H29N5O4/c1-2-34-24(33)20-16-26-25(27-17-20)29-14-12-28(13-15-29)18-21(30-22(31)10-11-23(30)32)9-8-19-6-4-3-5-7-19/h3-11,16-17,21,31-32H,2,12-15,18H2,1H3. The molecule has 178 valence electrons. The van der Waals surface area contributed by atoms with Gasteiger partial charge in [-0.1, -0.05) is 42.5 Å². The van der Waals surface area contributed by atoms with Crippen LogP contribution in [0.1, 0.15) is 28.9 Å². The SMILES string of the molecule is CCOC(=O)c1cnc(N2CCN(CC(C=Cc3ccccc3)n3c(O)ccc3O)CC2)nc1. The van der Waals surface area contributed by atoms with Gasteiger partial charge in [-0.25, -0.2) is 14.8 Å². The molecule has 1 atom stereocenters. The van der Waals surface area contributed by atoms with Crippen molar-refractivity contribution in [2.45, 2.75) is 13.0 Å². The predicted octanol–water partition coefficient (Wildman–Crippen LogP) is 2.94. The molecule has 1 aliphatic heterocycles. The van der Waals surface area contributed by atoms with E-state index in [1.54, 1.807) is 6.92 Å². The highest BCUT2D eigenvalue weighted by Crippen LogP contribution is 2.29. The maximum absolute atomic E-state index is 11.8. The number of aromatic hydroxyl groups is 2. The number of carbonyl (C=O) groups excluding carboxylic acids is 1. The number of hydrogen-bond acceptors (Lipinski definition) is 8. The van der Waals surface area contributed by atoms with Gasteiger partial charge in [0.25, 0.3) is 0 Å². The minimum absolute atomic E-state index is 0.0222. The van der Waals surface area contributed by atoms with Crippen LogP contribution in [-0.4, -0.2) is 74.9 Å². The first-order valence-electron chi connectivity index (χ1n) is 11.3. The van der Waals surface area contributed by atoms with E-state index in [2.05, 4.69) is 19.8 Å². The Hall–Kier alpha value is -3.85. The van der Waals surface area contributed by atoms with Crippen LogP contribution >= 0.6 is 0 Å². The highest BCUT2D eigenvalue weighted by atomic mass is 16.5. The number of benzene rings is 1. The second kappa shape index (κ2) is 10.8. The minimum Gasteiger partial charge on any atom is -0.494 e. The van der Waals surface area contributed by atoms with Crippen LogP contribution in [0.4, 0.5) is 5.95 Å². The van der Waals surface area contributed by atoms with E-state index in [0.717, 1.165) is 31.7 Å². The zero-order valence-electron chi connectivity index (χ0n) is 19.1. The summed E-state index contributed by atoms with van der Waals surface area (Å²) in [6, 6.07) is 12.7. The van der Waals surface area contributed by atoms with Crippen LogP contribution in [0.15, 0.2) is 60.9 Å². The van der Waals surface area contributed by atoms with Crippen molar-refractivity contribution in [3.05, 3.63) is 72.1 Å². The number of aromatic nitrogens is 3. The van der Waals surface area contributed by atoms with Crippen LogP contribution in [0.2, 0.25) is 0 Å². The molecule has 3 heterocycles. The topological polar surface area (TPSA) is 104 Å². The van der Waals surface area contributed by atoms with E-state index in [0.29, 0.717) is 24.7 Å². The summed E-state index contributed by atoms with van der Waals surface area (Å²) in [6.45, 7) is 5.66. The summed E-state index contributed by atoms with van der Waals surface area (Å²) in [6.07, 6.45) is 6.99. The highest BCUT2D eigenvalue weighted by molar-refractivity contribution is 5.88. The molecule has 9 nitrogen and oxygen atoms in total. The Bertz CT molecular complexity index is 1090. The molecule has 3 aromatic rings. The first-order valence-corrected chi connectivity index (χ1v) is 11.3. The molecule has 1 saturated heterocycles. The van der Waals surface area contributed by atoms with Gasteiger partial charge in [0, 0.05) is 57.3 Å². The van der Waals surface area contributed by atoms with Crippen molar-refractivity contribution in [3.63, 3.8) is 0 Å². The van der Waals surface area contributed by atoms with Crippen molar-refractivity contribution in [2.75, 3.05) is 44.2 Å². The van der Waals surface area contributed by atoms with Gasteiger partial charge < -0.3 is 19.8 Å². The molecular formula is C25H29N5O4. The third-order valence-corrected chi connectivity index (χ3v) is 5.77. The number of carbonyl (C=O) groups is 1. The second-order valence-corrected chi connectivity index (χ2v) is 8.04. The van der Waals surface area contributed by atoms with Gasteiger partial charge in [-0.05, 0) is 12.5 Å². The maximum Gasteiger partial charge on any atom is 0.341 e. The smallest absolute Gasteiger partial charge is 0.341 e. The van der Waals surface area contributed by atoms with Crippen molar-refractivity contribution in [2.24, 2.45) is 0 Å².